The summed E-state index contributed by atoms with van der Waals surface area (Å²) in [6.45, 7) is 0.221. The van der Waals surface area contributed by atoms with Crippen molar-refractivity contribution in [2.24, 2.45) is 0 Å². The zero-order valence-electron chi connectivity index (χ0n) is 20.0. The van der Waals surface area contributed by atoms with Gasteiger partial charge in [0, 0.05) is 29.8 Å². The highest BCUT2D eigenvalue weighted by Gasteiger charge is 2.30. The van der Waals surface area contributed by atoms with Crippen molar-refractivity contribution in [3.05, 3.63) is 95.6 Å². The molecule has 0 aliphatic carbocycles. The number of nitrogens with one attached hydrogen (secondary N) is 3. The third-order valence-electron chi connectivity index (χ3n) is 5.16. The molecule has 0 aliphatic rings. The van der Waals surface area contributed by atoms with Gasteiger partial charge in [-0.05, 0) is 60.2 Å². The lowest BCUT2D eigenvalue weighted by molar-refractivity contribution is -0.144. The first-order chi connectivity index (χ1) is 18.1. The lowest BCUT2D eigenvalue weighted by Crippen LogP contribution is -2.34. The van der Waals surface area contributed by atoms with Gasteiger partial charge in [0.2, 0.25) is 5.91 Å². The third kappa shape index (κ3) is 9.32. The largest absolute Gasteiger partial charge is 0.465 e. The van der Waals surface area contributed by atoms with E-state index < -0.39 is 29.5 Å². The van der Waals surface area contributed by atoms with Crippen LogP contribution in [0.1, 0.15) is 34.3 Å². The second kappa shape index (κ2) is 13.3. The van der Waals surface area contributed by atoms with Gasteiger partial charge in [0.05, 0.1) is 18.6 Å². The Hall–Kier alpha value is -4.25. The van der Waals surface area contributed by atoms with Crippen LogP contribution in [0.15, 0.2) is 78.9 Å². The van der Waals surface area contributed by atoms with Gasteiger partial charge in [-0.2, -0.15) is 13.2 Å². The van der Waals surface area contributed by atoms with Gasteiger partial charge in [-0.25, -0.2) is 0 Å². The van der Waals surface area contributed by atoms with Crippen molar-refractivity contribution in [2.45, 2.75) is 25.4 Å². The van der Waals surface area contributed by atoms with Crippen molar-refractivity contribution in [1.82, 2.24) is 5.32 Å². The molecule has 0 spiro atoms. The molecule has 0 atom stereocenters. The van der Waals surface area contributed by atoms with Crippen molar-refractivity contribution < 1.29 is 32.3 Å². The van der Waals surface area contributed by atoms with Crippen molar-refractivity contribution in [3.63, 3.8) is 0 Å². The molecule has 0 bridgehead atoms. The summed E-state index contributed by atoms with van der Waals surface area (Å²) in [7, 11) is 0. The van der Waals surface area contributed by atoms with Crippen LogP contribution in [0.25, 0.3) is 0 Å². The molecule has 198 valence electrons. The Balaban J connectivity index is 1.39. The predicted molar refractivity (Wildman–Crippen MR) is 141 cm³/mol. The number of rotatable bonds is 9. The fourth-order valence-electron chi connectivity index (χ4n) is 3.25. The maximum atomic E-state index is 12.9. The van der Waals surface area contributed by atoms with E-state index in [1.54, 1.807) is 0 Å². The Kier molecular flexibility index (Phi) is 9.94. The second-order valence-corrected chi connectivity index (χ2v) is 8.48. The highest BCUT2D eigenvalue weighted by Crippen LogP contribution is 2.30. The lowest BCUT2D eigenvalue weighted by Gasteiger charge is -2.11. The summed E-state index contributed by atoms with van der Waals surface area (Å²) >= 11 is 5.10. The zero-order valence-corrected chi connectivity index (χ0v) is 20.8. The SMILES string of the molecule is O=C(CCC(=O)OCCc1ccccc1)NC(=S)Nc1ccc(C(=O)Nc2cccc(C(F)(F)F)c2)cc1. The molecule has 0 radical (unpaired) electrons. The quantitative estimate of drug-likeness (QED) is 0.249. The highest BCUT2D eigenvalue weighted by molar-refractivity contribution is 7.80. The monoisotopic (exact) mass is 543 g/mol. The number of halogens is 3. The van der Waals surface area contributed by atoms with Crippen molar-refractivity contribution in [3.8, 4) is 0 Å². The van der Waals surface area contributed by atoms with Crippen molar-refractivity contribution in [1.29, 1.82) is 0 Å². The number of carbonyl (C=O) groups excluding carboxylic acids is 3. The number of esters is 1. The number of ether oxygens (including phenoxy) is 1. The Morgan fingerprint density at radius 3 is 2.21 bits per heavy atom. The lowest BCUT2D eigenvalue weighted by atomic mass is 10.1. The van der Waals surface area contributed by atoms with E-state index in [1.807, 2.05) is 30.3 Å². The number of carbonyl (C=O) groups is 3. The molecule has 0 aliphatic heterocycles. The van der Waals surface area contributed by atoms with Gasteiger partial charge in [-0.3, -0.25) is 14.4 Å². The van der Waals surface area contributed by atoms with Crippen LogP contribution in [0.5, 0.6) is 0 Å². The number of thiocarbonyl (C=S) groups is 1. The summed E-state index contributed by atoms with van der Waals surface area (Å²) in [6.07, 6.45) is -4.15. The van der Waals surface area contributed by atoms with Crippen molar-refractivity contribution in [2.75, 3.05) is 17.2 Å². The van der Waals surface area contributed by atoms with Crippen molar-refractivity contribution >= 4 is 46.5 Å². The number of amides is 2. The van der Waals surface area contributed by atoms with Crippen LogP contribution in [0, 0.1) is 0 Å². The number of hydrogen-bond acceptors (Lipinski definition) is 5. The molecule has 0 saturated carbocycles. The first-order valence-electron chi connectivity index (χ1n) is 11.5. The summed E-state index contributed by atoms with van der Waals surface area (Å²) < 4.78 is 43.7. The minimum Gasteiger partial charge on any atom is -0.465 e. The molecule has 3 N–H and O–H groups in total. The molecule has 0 aromatic heterocycles. The van der Waals surface area contributed by atoms with E-state index in [2.05, 4.69) is 16.0 Å². The molecule has 3 aromatic carbocycles. The molecular formula is C27H24F3N3O4S. The number of benzene rings is 3. The van der Waals surface area contributed by atoms with E-state index in [1.165, 1.54) is 36.4 Å². The Labute approximate surface area is 222 Å². The van der Waals surface area contributed by atoms with Gasteiger partial charge in [0.25, 0.3) is 5.91 Å². The van der Waals surface area contributed by atoms with Crippen LogP contribution in [-0.4, -0.2) is 29.5 Å². The molecule has 2 amide bonds. The number of alkyl halides is 3. The maximum Gasteiger partial charge on any atom is 0.416 e. The fraction of sp³-hybridized carbons (Fsp3) is 0.185. The van der Waals surface area contributed by atoms with Crippen LogP contribution in [-0.2, 0) is 26.9 Å². The fourth-order valence-corrected chi connectivity index (χ4v) is 3.48. The van der Waals surface area contributed by atoms with Crippen LogP contribution < -0.4 is 16.0 Å². The molecule has 3 rings (SSSR count). The summed E-state index contributed by atoms with van der Waals surface area (Å²) in [5.74, 6) is -1.56. The molecule has 0 fully saturated rings. The molecule has 0 unspecified atom stereocenters. The first-order valence-corrected chi connectivity index (χ1v) is 11.9. The van der Waals surface area contributed by atoms with Gasteiger partial charge in [0.1, 0.15) is 0 Å². The van der Waals surface area contributed by atoms with E-state index in [0.29, 0.717) is 12.1 Å². The normalized spacial score (nSPS) is 10.8. The molecule has 38 heavy (non-hydrogen) atoms. The van der Waals surface area contributed by atoms with Gasteiger partial charge in [0.15, 0.2) is 5.11 Å². The van der Waals surface area contributed by atoms with E-state index in [-0.39, 0.29) is 35.8 Å². The summed E-state index contributed by atoms with van der Waals surface area (Å²) in [5.41, 5.74) is 0.847. The minimum absolute atomic E-state index is 0.00591. The average molecular weight is 544 g/mol. The van der Waals surface area contributed by atoms with Crippen LogP contribution in [0.3, 0.4) is 0 Å². The average Bonchev–Trinajstić information content (AvgIpc) is 2.88. The van der Waals surface area contributed by atoms with Gasteiger partial charge in [-0.15, -0.1) is 0 Å². The topological polar surface area (TPSA) is 96.5 Å². The predicted octanol–water partition coefficient (Wildman–Crippen LogP) is 5.34. The summed E-state index contributed by atoms with van der Waals surface area (Å²) in [4.78, 5) is 36.3. The standard InChI is InChI=1S/C27H24F3N3O4S/c28-27(29,30)20-7-4-8-22(17-20)31-25(36)19-9-11-21(12-10-19)32-26(38)33-23(34)13-14-24(35)37-16-15-18-5-2-1-3-6-18/h1-12,17H,13-16H2,(H,31,36)(H2,32,33,34,38). The van der Waals surface area contributed by atoms with Gasteiger partial charge < -0.3 is 20.7 Å². The molecule has 0 saturated heterocycles. The van der Waals surface area contributed by atoms with Gasteiger partial charge >= 0.3 is 12.1 Å². The highest BCUT2D eigenvalue weighted by atomic mass is 32.1. The Bertz CT molecular complexity index is 1280. The van der Waals surface area contributed by atoms with Crippen LogP contribution >= 0.6 is 12.2 Å². The molecule has 3 aromatic rings. The maximum absolute atomic E-state index is 12.9. The van der Waals surface area contributed by atoms with Gasteiger partial charge in [-0.1, -0.05) is 36.4 Å². The summed E-state index contributed by atoms with van der Waals surface area (Å²) in [6, 6.07) is 19.8. The first kappa shape index (κ1) is 28.3. The molecule has 11 heteroatoms. The Morgan fingerprint density at radius 1 is 0.816 bits per heavy atom. The van der Waals surface area contributed by atoms with Crippen LogP contribution in [0.2, 0.25) is 0 Å². The van der Waals surface area contributed by atoms with E-state index >= 15 is 0 Å². The van der Waals surface area contributed by atoms with Crippen LogP contribution in [0.4, 0.5) is 24.5 Å². The molecule has 0 heterocycles. The smallest absolute Gasteiger partial charge is 0.416 e. The van der Waals surface area contributed by atoms with E-state index in [9.17, 15) is 27.6 Å². The zero-order chi connectivity index (χ0) is 27.5. The van der Waals surface area contributed by atoms with E-state index in [4.69, 9.17) is 17.0 Å². The number of anilines is 2. The second-order valence-electron chi connectivity index (χ2n) is 8.07. The Morgan fingerprint density at radius 2 is 1.53 bits per heavy atom. The van der Waals surface area contributed by atoms with E-state index in [0.717, 1.165) is 17.7 Å². The summed E-state index contributed by atoms with van der Waals surface area (Å²) in [5, 5.41) is 7.65. The minimum atomic E-state index is -4.52. The number of hydrogen-bond donors (Lipinski definition) is 3. The molecular weight excluding hydrogens is 519 g/mol. The third-order valence-corrected chi connectivity index (χ3v) is 5.36. The molecule has 7 nitrogen and oxygen atoms in total.